The van der Waals surface area contributed by atoms with Crippen LogP contribution in [0.25, 0.3) is 22.0 Å². The standard InChI is InChI=1S/C26H30N2O2Si/c1-31(2,3)15-14-29-20-28-26-17-23(12-13-24(26)18-27-28)22-10-7-11-25(16-22)30-19-21-8-5-4-6-9-21/h4-13,16-18H,14-15,19-20H2,1-3H3. The number of hydrogen-bond donors (Lipinski definition) is 0. The van der Waals surface area contributed by atoms with Crippen molar-refractivity contribution in [2.45, 2.75) is 39.0 Å². The van der Waals surface area contributed by atoms with Gasteiger partial charge >= 0.3 is 0 Å². The SMILES string of the molecule is C[Si](C)(C)CCOCn1ncc2ccc(-c3cccc(OCc4ccccc4)c3)cc21. The molecule has 0 saturated carbocycles. The molecule has 0 aliphatic rings. The second-order valence-corrected chi connectivity index (χ2v) is 14.7. The van der Waals surface area contributed by atoms with Crippen molar-refractivity contribution in [2.24, 2.45) is 0 Å². The van der Waals surface area contributed by atoms with Crippen LogP contribution in [0.2, 0.25) is 25.7 Å². The van der Waals surface area contributed by atoms with Gasteiger partial charge in [-0.2, -0.15) is 5.10 Å². The number of rotatable bonds is 9. The average Bonchev–Trinajstić information content (AvgIpc) is 3.18. The Morgan fingerprint density at radius 3 is 2.48 bits per heavy atom. The highest BCUT2D eigenvalue weighted by Gasteiger charge is 2.12. The largest absolute Gasteiger partial charge is 0.489 e. The quantitative estimate of drug-likeness (QED) is 0.222. The lowest BCUT2D eigenvalue weighted by Crippen LogP contribution is -2.22. The van der Waals surface area contributed by atoms with Gasteiger partial charge in [0.1, 0.15) is 19.1 Å². The summed E-state index contributed by atoms with van der Waals surface area (Å²) >= 11 is 0. The maximum atomic E-state index is 6.01. The van der Waals surface area contributed by atoms with Gasteiger partial charge in [-0.15, -0.1) is 0 Å². The number of benzene rings is 3. The van der Waals surface area contributed by atoms with Crippen molar-refractivity contribution in [1.29, 1.82) is 0 Å². The smallest absolute Gasteiger partial charge is 0.139 e. The van der Waals surface area contributed by atoms with Crippen LogP contribution < -0.4 is 4.74 Å². The van der Waals surface area contributed by atoms with Gasteiger partial charge in [-0.05, 0) is 40.9 Å². The van der Waals surface area contributed by atoms with Crippen LogP contribution in [0.4, 0.5) is 0 Å². The van der Waals surface area contributed by atoms with Gasteiger partial charge in [0.25, 0.3) is 0 Å². The number of ether oxygens (including phenoxy) is 2. The highest BCUT2D eigenvalue weighted by molar-refractivity contribution is 6.76. The molecular weight excluding hydrogens is 400 g/mol. The van der Waals surface area contributed by atoms with Gasteiger partial charge in [-0.3, -0.25) is 0 Å². The second kappa shape index (κ2) is 9.50. The molecular formula is C26H30N2O2Si. The van der Waals surface area contributed by atoms with E-state index < -0.39 is 8.07 Å². The first-order valence-electron chi connectivity index (χ1n) is 10.8. The third kappa shape index (κ3) is 5.84. The van der Waals surface area contributed by atoms with E-state index in [1.807, 2.05) is 41.2 Å². The van der Waals surface area contributed by atoms with Crippen molar-refractivity contribution in [1.82, 2.24) is 9.78 Å². The second-order valence-electron chi connectivity index (χ2n) is 9.07. The van der Waals surface area contributed by atoms with Crippen LogP contribution in [0.1, 0.15) is 5.56 Å². The first-order valence-corrected chi connectivity index (χ1v) is 14.5. The minimum atomic E-state index is -1.09. The summed E-state index contributed by atoms with van der Waals surface area (Å²) in [5.41, 5.74) is 4.51. The zero-order valence-electron chi connectivity index (χ0n) is 18.5. The maximum Gasteiger partial charge on any atom is 0.139 e. The lowest BCUT2D eigenvalue weighted by atomic mass is 10.0. The van der Waals surface area contributed by atoms with Crippen molar-refractivity contribution in [3.05, 3.63) is 84.6 Å². The molecule has 0 radical (unpaired) electrons. The third-order valence-corrected chi connectivity index (χ3v) is 6.97. The molecule has 0 aliphatic carbocycles. The molecule has 31 heavy (non-hydrogen) atoms. The Bertz CT molecular complexity index is 1130. The van der Waals surface area contributed by atoms with Crippen LogP contribution in [0.5, 0.6) is 5.75 Å². The van der Waals surface area contributed by atoms with Crippen molar-refractivity contribution < 1.29 is 9.47 Å². The minimum Gasteiger partial charge on any atom is -0.489 e. The van der Waals surface area contributed by atoms with Crippen LogP contribution in [-0.2, 0) is 18.1 Å². The summed E-state index contributed by atoms with van der Waals surface area (Å²) < 4.78 is 13.9. The number of hydrogen-bond acceptors (Lipinski definition) is 3. The molecule has 3 aromatic carbocycles. The van der Waals surface area contributed by atoms with Crippen LogP contribution in [-0.4, -0.2) is 24.5 Å². The fourth-order valence-corrected chi connectivity index (χ4v) is 4.15. The van der Waals surface area contributed by atoms with Gasteiger partial charge in [0, 0.05) is 20.1 Å². The molecule has 4 rings (SSSR count). The molecule has 1 heterocycles. The zero-order chi connectivity index (χ0) is 21.7. The van der Waals surface area contributed by atoms with E-state index in [-0.39, 0.29) is 0 Å². The van der Waals surface area contributed by atoms with Crippen molar-refractivity contribution in [3.63, 3.8) is 0 Å². The molecule has 0 fully saturated rings. The lowest BCUT2D eigenvalue weighted by molar-refractivity contribution is 0.0817. The van der Waals surface area contributed by atoms with Crippen LogP contribution in [0, 0.1) is 0 Å². The summed E-state index contributed by atoms with van der Waals surface area (Å²) in [4.78, 5) is 0. The fraction of sp³-hybridized carbons (Fsp3) is 0.269. The summed E-state index contributed by atoms with van der Waals surface area (Å²) in [5.74, 6) is 0.865. The summed E-state index contributed by atoms with van der Waals surface area (Å²) in [6, 6.07) is 26.1. The molecule has 0 bridgehead atoms. The Balaban J connectivity index is 1.48. The average molecular weight is 431 g/mol. The summed E-state index contributed by atoms with van der Waals surface area (Å²) in [6.07, 6.45) is 1.90. The summed E-state index contributed by atoms with van der Waals surface area (Å²) in [7, 11) is -1.09. The van der Waals surface area contributed by atoms with Gasteiger partial charge in [0.2, 0.25) is 0 Å². The van der Waals surface area contributed by atoms with E-state index in [9.17, 15) is 0 Å². The molecule has 0 atom stereocenters. The van der Waals surface area contributed by atoms with E-state index in [0.29, 0.717) is 13.3 Å². The first kappa shape index (κ1) is 21.3. The van der Waals surface area contributed by atoms with Gasteiger partial charge in [-0.25, -0.2) is 4.68 Å². The van der Waals surface area contributed by atoms with E-state index >= 15 is 0 Å². The molecule has 160 valence electrons. The topological polar surface area (TPSA) is 36.3 Å². The summed E-state index contributed by atoms with van der Waals surface area (Å²) in [5, 5.41) is 5.64. The molecule has 0 aliphatic heterocycles. The third-order valence-electron chi connectivity index (χ3n) is 5.27. The lowest BCUT2D eigenvalue weighted by Gasteiger charge is -2.15. The van der Waals surface area contributed by atoms with Crippen LogP contribution in [0.3, 0.4) is 0 Å². The predicted octanol–water partition coefficient (Wildman–Crippen LogP) is 6.59. The van der Waals surface area contributed by atoms with Crippen molar-refractivity contribution in [3.8, 4) is 16.9 Å². The van der Waals surface area contributed by atoms with E-state index in [1.54, 1.807) is 0 Å². The molecule has 5 heteroatoms. The van der Waals surface area contributed by atoms with Gasteiger partial charge in [0.05, 0.1) is 11.7 Å². The normalized spacial score (nSPS) is 11.7. The fourth-order valence-electron chi connectivity index (χ4n) is 3.39. The number of fused-ring (bicyclic) bond motifs is 1. The number of nitrogens with zero attached hydrogens (tertiary/aromatic N) is 2. The Kier molecular flexibility index (Phi) is 6.54. The maximum absolute atomic E-state index is 6.01. The zero-order valence-corrected chi connectivity index (χ0v) is 19.5. The molecule has 0 unspecified atom stereocenters. The molecule has 1 aromatic heterocycles. The van der Waals surface area contributed by atoms with E-state index in [1.165, 1.54) is 0 Å². The van der Waals surface area contributed by atoms with Gasteiger partial charge < -0.3 is 9.47 Å². The van der Waals surface area contributed by atoms with Crippen molar-refractivity contribution >= 4 is 19.0 Å². The van der Waals surface area contributed by atoms with E-state index in [2.05, 4.69) is 67.2 Å². The van der Waals surface area contributed by atoms with E-state index in [4.69, 9.17) is 9.47 Å². The van der Waals surface area contributed by atoms with E-state index in [0.717, 1.165) is 46.0 Å². The Morgan fingerprint density at radius 2 is 1.68 bits per heavy atom. The summed E-state index contributed by atoms with van der Waals surface area (Å²) in [6.45, 7) is 8.93. The minimum absolute atomic E-state index is 0.484. The molecule has 0 spiro atoms. The van der Waals surface area contributed by atoms with Gasteiger partial charge in [-0.1, -0.05) is 74.2 Å². The Labute approximate surface area is 185 Å². The molecule has 0 saturated heterocycles. The molecule has 0 amide bonds. The monoisotopic (exact) mass is 430 g/mol. The van der Waals surface area contributed by atoms with Gasteiger partial charge in [0.15, 0.2) is 0 Å². The Morgan fingerprint density at radius 1 is 0.871 bits per heavy atom. The van der Waals surface area contributed by atoms with Crippen LogP contribution >= 0.6 is 0 Å². The highest BCUT2D eigenvalue weighted by atomic mass is 28.3. The first-order chi connectivity index (χ1) is 15.0. The predicted molar refractivity (Wildman–Crippen MR) is 130 cm³/mol. The van der Waals surface area contributed by atoms with Crippen molar-refractivity contribution in [2.75, 3.05) is 6.61 Å². The molecule has 4 aromatic rings. The number of aromatic nitrogens is 2. The highest BCUT2D eigenvalue weighted by Crippen LogP contribution is 2.27. The Hall–Kier alpha value is -2.89. The molecule has 4 nitrogen and oxygen atoms in total. The molecule has 0 N–H and O–H groups in total. The van der Waals surface area contributed by atoms with Crippen LogP contribution in [0.15, 0.2) is 79.0 Å².